The normalized spacial score (nSPS) is 14.6. The first-order chi connectivity index (χ1) is 12.8. The summed E-state index contributed by atoms with van der Waals surface area (Å²) in [6.45, 7) is 5.16. The zero-order valence-corrected chi connectivity index (χ0v) is 17.5. The third-order valence-electron chi connectivity index (χ3n) is 4.96. The number of carbonyl (C=O) groups is 1. The van der Waals surface area contributed by atoms with Crippen LogP contribution in [-0.4, -0.2) is 69.7 Å². The summed E-state index contributed by atoms with van der Waals surface area (Å²) in [5.41, 5.74) is 2.35. The van der Waals surface area contributed by atoms with E-state index < -0.39 is 10.0 Å². The Morgan fingerprint density at radius 3 is 2.52 bits per heavy atom. The second kappa shape index (κ2) is 9.94. The number of para-hydroxylation sites is 1. The Balaban J connectivity index is 1.81. The van der Waals surface area contributed by atoms with Gasteiger partial charge in [0, 0.05) is 52.5 Å². The van der Waals surface area contributed by atoms with Crippen LogP contribution in [0.15, 0.2) is 24.3 Å². The number of carbonyl (C=O) groups excluding carboxylic acids is 1. The fraction of sp³-hybridized carbons (Fsp3) is 0.632. The second-order valence-electron chi connectivity index (χ2n) is 6.99. The van der Waals surface area contributed by atoms with Gasteiger partial charge >= 0.3 is 6.03 Å². The molecule has 1 aliphatic rings. The Morgan fingerprint density at radius 1 is 1.19 bits per heavy atom. The van der Waals surface area contributed by atoms with E-state index in [1.165, 1.54) is 22.8 Å². The first-order valence-corrected chi connectivity index (χ1v) is 11.2. The molecular weight excluding hydrogens is 364 g/mol. The van der Waals surface area contributed by atoms with Gasteiger partial charge < -0.3 is 15.1 Å². The van der Waals surface area contributed by atoms with E-state index >= 15 is 0 Å². The molecule has 0 aliphatic carbocycles. The van der Waals surface area contributed by atoms with Gasteiger partial charge in [-0.25, -0.2) is 17.5 Å². The summed E-state index contributed by atoms with van der Waals surface area (Å²) in [4.78, 5) is 16.4. The summed E-state index contributed by atoms with van der Waals surface area (Å²) in [6, 6.07) is 8.09. The number of hydrogen-bond acceptors (Lipinski definition) is 4. The second-order valence-corrected chi connectivity index (χ2v) is 9.35. The van der Waals surface area contributed by atoms with Gasteiger partial charge in [-0.15, -0.1) is 0 Å². The Labute approximate surface area is 163 Å². The van der Waals surface area contributed by atoms with E-state index in [9.17, 15) is 13.2 Å². The molecular formula is C19H32N4O3S. The minimum atomic E-state index is -3.16. The number of urea groups is 1. The van der Waals surface area contributed by atoms with Gasteiger partial charge in [0.25, 0.3) is 0 Å². The molecule has 1 aliphatic heterocycles. The Hall–Kier alpha value is -1.80. The maximum absolute atomic E-state index is 12.3. The van der Waals surface area contributed by atoms with Crippen LogP contribution >= 0.6 is 0 Å². The number of hydrogen-bond donors (Lipinski definition) is 1. The van der Waals surface area contributed by atoms with Crippen LogP contribution in [0.5, 0.6) is 0 Å². The third-order valence-corrected chi connectivity index (χ3v) is 6.82. The molecule has 1 fully saturated rings. The Morgan fingerprint density at radius 2 is 1.85 bits per heavy atom. The largest absolute Gasteiger partial charge is 0.371 e. The first-order valence-electron chi connectivity index (χ1n) is 9.61. The zero-order valence-electron chi connectivity index (χ0n) is 16.6. The van der Waals surface area contributed by atoms with E-state index in [1.54, 1.807) is 25.9 Å². The molecule has 2 rings (SSSR count). The van der Waals surface area contributed by atoms with E-state index in [0.717, 1.165) is 18.7 Å². The number of anilines is 1. The highest BCUT2D eigenvalue weighted by molar-refractivity contribution is 7.89. The van der Waals surface area contributed by atoms with E-state index in [2.05, 4.69) is 22.3 Å². The molecule has 1 saturated heterocycles. The predicted octanol–water partition coefficient (Wildman–Crippen LogP) is 2.10. The summed E-state index contributed by atoms with van der Waals surface area (Å²) in [6.07, 6.45) is 3.01. The highest BCUT2D eigenvalue weighted by Gasteiger charge is 2.18. The van der Waals surface area contributed by atoms with Gasteiger partial charge in [-0.1, -0.05) is 18.2 Å². The van der Waals surface area contributed by atoms with Crippen molar-refractivity contribution >= 4 is 21.7 Å². The molecule has 0 aromatic heterocycles. The van der Waals surface area contributed by atoms with Gasteiger partial charge in [0.05, 0.1) is 5.75 Å². The van der Waals surface area contributed by atoms with Gasteiger partial charge in [0.2, 0.25) is 10.0 Å². The molecule has 0 radical (unpaired) electrons. The van der Waals surface area contributed by atoms with E-state index in [0.29, 0.717) is 26.1 Å². The van der Waals surface area contributed by atoms with Crippen LogP contribution in [0.1, 0.15) is 31.7 Å². The van der Waals surface area contributed by atoms with Crippen LogP contribution in [0, 0.1) is 0 Å². The summed E-state index contributed by atoms with van der Waals surface area (Å²) in [5.74, 6) is 0.0923. The molecule has 1 N–H and O–H groups in total. The standard InChI is InChI=1S/C19H32N4O3S/c1-4-27(25,26)22(3)13-9-12-20-19(24)21(2)16-17-10-5-6-11-18(17)23-14-7-8-15-23/h5-6,10-11H,4,7-9,12-16H2,1-3H3,(H,20,24). The maximum atomic E-state index is 12.3. The van der Waals surface area contributed by atoms with Crippen molar-refractivity contribution in [3.63, 3.8) is 0 Å². The van der Waals surface area contributed by atoms with E-state index in [1.807, 2.05) is 12.1 Å². The fourth-order valence-corrected chi connectivity index (χ4v) is 4.08. The minimum Gasteiger partial charge on any atom is -0.371 e. The van der Waals surface area contributed by atoms with Crippen LogP contribution in [0.25, 0.3) is 0 Å². The Bertz CT molecular complexity index is 717. The van der Waals surface area contributed by atoms with Gasteiger partial charge in [-0.2, -0.15) is 0 Å². The summed E-state index contributed by atoms with van der Waals surface area (Å²) >= 11 is 0. The van der Waals surface area contributed by atoms with Gasteiger partial charge in [0.1, 0.15) is 0 Å². The van der Waals surface area contributed by atoms with Crippen molar-refractivity contribution in [2.45, 2.75) is 32.7 Å². The topological polar surface area (TPSA) is 73.0 Å². The highest BCUT2D eigenvalue weighted by Crippen LogP contribution is 2.25. The van der Waals surface area contributed by atoms with Crippen molar-refractivity contribution in [2.24, 2.45) is 0 Å². The lowest BCUT2D eigenvalue weighted by Crippen LogP contribution is -2.39. The average molecular weight is 397 g/mol. The fourth-order valence-electron chi connectivity index (χ4n) is 3.23. The number of sulfonamides is 1. The van der Waals surface area contributed by atoms with Crippen molar-refractivity contribution in [1.29, 1.82) is 0 Å². The van der Waals surface area contributed by atoms with Gasteiger partial charge in [-0.05, 0) is 37.8 Å². The summed E-state index contributed by atoms with van der Waals surface area (Å²) in [5, 5.41) is 2.87. The predicted molar refractivity (Wildman–Crippen MR) is 109 cm³/mol. The molecule has 7 nitrogen and oxygen atoms in total. The quantitative estimate of drug-likeness (QED) is 0.649. The van der Waals surface area contributed by atoms with Gasteiger partial charge in [0.15, 0.2) is 0 Å². The molecule has 0 bridgehead atoms. The van der Waals surface area contributed by atoms with E-state index in [-0.39, 0.29) is 11.8 Å². The van der Waals surface area contributed by atoms with Crippen LogP contribution in [-0.2, 0) is 16.6 Å². The lowest BCUT2D eigenvalue weighted by atomic mass is 10.1. The SMILES string of the molecule is CCS(=O)(=O)N(C)CCCNC(=O)N(C)Cc1ccccc1N1CCCC1. The average Bonchev–Trinajstić information content (AvgIpc) is 3.19. The van der Waals surface area contributed by atoms with Crippen LogP contribution in [0.3, 0.4) is 0 Å². The Kier molecular flexibility index (Phi) is 7.91. The molecule has 152 valence electrons. The molecule has 8 heteroatoms. The van der Waals surface area contributed by atoms with Crippen molar-refractivity contribution in [2.75, 3.05) is 50.9 Å². The molecule has 27 heavy (non-hydrogen) atoms. The summed E-state index contributed by atoms with van der Waals surface area (Å²) in [7, 11) is 0.190. The molecule has 1 aromatic rings. The molecule has 2 amide bonds. The summed E-state index contributed by atoms with van der Waals surface area (Å²) < 4.78 is 24.8. The monoisotopic (exact) mass is 396 g/mol. The van der Waals surface area contributed by atoms with Crippen molar-refractivity contribution in [1.82, 2.24) is 14.5 Å². The number of nitrogens with one attached hydrogen (secondary N) is 1. The van der Waals surface area contributed by atoms with Crippen LogP contribution in [0.4, 0.5) is 10.5 Å². The molecule has 0 spiro atoms. The van der Waals surface area contributed by atoms with Crippen molar-refractivity contribution in [3.05, 3.63) is 29.8 Å². The molecule has 0 unspecified atom stereocenters. The van der Waals surface area contributed by atoms with Crippen molar-refractivity contribution in [3.8, 4) is 0 Å². The zero-order chi connectivity index (χ0) is 19.9. The van der Waals surface area contributed by atoms with Crippen LogP contribution in [0.2, 0.25) is 0 Å². The number of nitrogens with zero attached hydrogens (tertiary/aromatic N) is 3. The molecule has 1 heterocycles. The first kappa shape index (κ1) is 21.5. The third kappa shape index (κ3) is 6.10. The lowest BCUT2D eigenvalue weighted by molar-refractivity contribution is 0.206. The number of amides is 2. The maximum Gasteiger partial charge on any atom is 0.317 e. The lowest BCUT2D eigenvalue weighted by Gasteiger charge is -2.24. The number of rotatable bonds is 9. The molecule has 1 aromatic carbocycles. The number of benzene rings is 1. The molecule has 0 saturated carbocycles. The highest BCUT2D eigenvalue weighted by atomic mass is 32.2. The van der Waals surface area contributed by atoms with E-state index in [4.69, 9.17) is 0 Å². The molecule has 0 atom stereocenters. The smallest absolute Gasteiger partial charge is 0.317 e. The van der Waals surface area contributed by atoms with Crippen LogP contribution < -0.4 is 10.2 Å². The van der Waals surface area contributed by atoms with Gasteiger partial charge in [-0.3, -0.25) is 0 Å². The minimum absolute atomic E-state index is 0.0923. The van der Waals surface area contributed by atoms with Crippen molar-refractivity contribution < 1.29 is 13.2 Å².